The van der Waals surface area contributed by atoms with Crippen LogP contribution in [0, 0.1) is 0 Å². The molecule has 0 aliphatic carbocycles. The lowest BCUT2D eigenvalue weighted by Gasteiger charge is -2.18. The van der Waals surface area contributed by atoms with Crippen molar-refractivity contribution in [2.75, 3.05) is 21.3 Å². The summed E-state index contributed by atoms with van der Waals surface area (Å²) in [4.78, 5) is 20.6. The highest BCUT2D eigenvalue weighted by Crippen LogP contribution is 2.46. The third-order valence-electron chi connectivity index (χ3n) is 3.19. The van der Waals surface area contributed by atoms with E-state index in [1.807, 2.05) is 0 Å². The Bertz CT molecular complexity index is 752. The van der Waals surface area contributed by atoms with E-state index in [4.69, 9.17) is 14.2 Å². The molecule has 20 heavy (non-hydrogen) atoms. The van der Waals surface area contributed by atoms with Gasteiger partial charge in [0, 0.05) is 11.6 Å². The molecule has 0 saturated carbocycles. The van der Waals surface area contributed by atoms with Crippen molar-refractivity contribution in [2.24, 2.45) is 4.99 Å². The minimum Gasteiger partial charge on any atom is -0.493 e. The van der Waals surface area contributed by atoms with Gasteiger partial charge in [-0.15, -0.1) is 0 Å². The lowest BCUT2D eigenvalue weighted by Crippen LogP contribution is -2.20. The summed E-state index contributed by atoms with van der Waals surface area (Å²) in [6.07, 6.45) is 1.57. The fourth-order valence-electron chi connectivity index (χ4n) is 2.30. The van der Waals surface area contributed by atoms with Gasteiger partial charge in [-0.2, -0.15) is 0 Å². The van der Waals surface area contributed by atoms with Crippen LogP contribution in [0.4, 0.5) is 5.69 Å². The third-order valence-corrected chi connectivity index (χ3v) is 3.19. The Labute approximate surface area is 115 Å². The van der Waals surface area contributed by atoms with Gasteiger partial charge in [0.2, 0.25) is 0 Å². The van der Waals surface area contributed by atoms with Gasteiger partial charge >= 0.3 is 0 Å². The molecule has 0 fully saturated rings. The van der Waals surface area contributed by atoms with E-state index in [1.54, 1.807) is 25.4 Å². The number of aliphatic imine (C=N–C) groups is 1. The first-order chi connectivity index (χ1) is 9.71. The quantitative estimate of drug-likeness (QED) is 0.837. The maximum absolute atomic E-state index is 12.2. The average molecular weight is 272 g/mol. The van der Waals surface area contributed by atoms with Crippen LogP contribution in [0.1, 0.15) is 10.5 Å². The van der Waals surface area contributed by atoms with Gasteiger partial charge in [0.1, 0.15) is 11.4 Å². The van der Waals surface area contributed by atoms with Crippen molar-refractivity contribution in [1.29, 1.82) is 0 Å². The van der Waals surface area contributed by atoms with Crippen LogP contribution in [0.3, 0.4) is 0 Å². The molecule has 102 valence electrons. The van der Waals surface area contributed by atoms with Gasteiger partial charge in [-0.25, -0.2) is 4.99 Å². The van der Waals surface area contributed by atoms with Crippen LogP contribution in [-0.2, 0) is 4.74 Å². The summed E-state index contributed by atoms with van der Waals surface area (Å²) in [5, 5.41) is 1.46. The van der Waals surface area contributed by atoms with Gasteiger partial charge in [-0.3, -0.25) is 9.78 Å². The van der Waals surface area contributed by atoms with E-state index in [9.17, 15) is 4.79 Å². The lowest BCUT2D eigenvalue weighted by molar-refractivity contribution is 0.103. The molecular weight excluding hydrogens is 260 g/mol. The van der Waals surface area contributed by atoms with E-state index < -0.39 is 0 Å². The Morgan fingerprint density at radius 3 is 2.55 bits per heavy atom. The van der Waals surface area contributed by atoms with E-state index in [0.717, 1.165) is 5.39 Å². The number of carbonyl (C=O) groups is 1. The first-order valence-electron chi connectivity index (χ1n) is 5.92. The van der Waals surface area contributed by atoms with Gasteiger partial charge in [-0.1, -0.05) is 0 Å². The fraction of sp³-hybridized carbons (Fsp3) is 0.214. The molecule has 3 rings (SSSR count). The monoisotopic (exact) mass is 272 g/mol. The summed E-state index contributed by atoms with van der Waals surface area (Å²) in [6, 6.07) is 3.59. The number of methoxy groups -OCH3 is 3. The molecule has 0 atom stereocenters. The number of benzene rings is 1. The molecular formula is C14H12N2O4. The summed E-state index contributed by atoms with van der Waals surface area (Å²) in [6.45, 7) is 0. The zero-order valence-corrected chi connectivity index (χ0v) is 11.3. The third kappa shape index (κ3) is 1.54. The predicted molar refractivity (Wildman–Crippen MR) is 73.3 cm³/mol. The van der Waals surface area contributed by atoms with Crippen LogP contribution in [0.15, 0.2) is 23.3 Å². The lowest BCUT2D eigenvalue weighted by atomic mass is 10.0. The average Bonchev–Trinajstić information content (AvgIpc) is 2.49. The Hall–Kier alpha value is -2.63. The van der Waals surface area contributed by atoms with Crippen LogP contribution in [0.5, 0.6) is 11.5 Å². The van der Waals surface area contributed by atoms with Crippen molar-refractivity contribution in [3.05, 3.63) is 24.0 Å². The number of pyridine rings is 1. The van der Waals surface area contributed by atoms with Gasteiger partial charge < -0.3 is 14.2 Å². The van der Waals surface area contributed by atoms with Gasteiger partial charge in [0.05, 0.1) is 21.3 Å². The van der Waals surface area contributed by atoms with Gasteiger partial charge in [-0.05, 0) is 17.5 Å². The Morgan fingerprint density at radius 2 is 1.90 bits per heavy atom. The van der Waals surface area contributed by atoms with E-state index in [1.165, 1.54) is 14.2 Å². The number of aromatic nitrogens is 1. The molecule has 6 nitrogen and oxygen atoms in total. The van der Waals surface area contributed by atoms with Crippen LogP contribution >= 0.6 is 0 Å². The van der Waals surface area contributed by atoms with Crippen molar-refractivity contribution in [1.82, 2.24) is 4.98 Å². The van der Waals surface area contributed by atoms with Crippen molar-refractivity contribution >= 4 is 28.1 Å². The minimum absolute atomic E-state index is 0.0101. The maximum atomic E-state index is 12.2. The number of rotatable bonds is 2. The van der Waals surface area contributed by atoms with Crippen molar-refractivity contribution in [2.45, 2.75) is 0 Å². The highest BCUT2D eigenvalue weighted by molar-refractivity contribution is 6.47. The zero-order valence-electron chi connectivity index (χ0n) is 11.3. The molecule has 0 spiro atoms. The number of ether oxygens (including phenoxy) is 3. The van der Waals surface area contributed by atoms with Crippen molar-refractivity contribution < 1.29 is 19.0 Å². The molecule has 1 aromatic carbocycles. The molecule has 0 unspecified atom stereocenters. The second-order valence-corrected chi connectivity index (χ2v) is 4.17. The summed E-state index contributed by atoms with van der Waals surface area (Å²) in [5.74, 6) is 0.652. The molecule has 2 heterocycles. The standard InChI is InChI=1S/C14H12N2O4/c1-18-8-6-7-4-5-15-10-9(7)11(13(8)19-2)16-14(20-3)12(10)17/h4-6H,1-3H3. The largest absolute Gasteiger partial charge is 0.493 e. The molecule has 1 aliphatic heterocycles. The maximum Gasteiger partial charge on any atom is 0.266 e. The second kappa shape index (κ2) is 4.48. The van der Waals surface area contributed by atoms with E-state index in [-0.39, 0.29) is 11.7 Å². The highest BCUT2D eigenvalue weighted by atomic mass is 16.5. The van der Waals surface area contributed by atoms with Gasteiger partial charge in [0.15, 0.2) is 11.5 Å². The molecule has 0 amide bonds. The highest BCUT2D eigenvalue weighted by Gasteiger charge is 2.29. The number of nitrogens with zero attached hydrogens (tertiary/aromatic N) is 2. The van der Waals surface area contributed by atoms with Crippen molar-refractivity contribution in [3.8, 4) is 11.5 Å². The minimum atomic E-state index is -0.335. The second-order valence-electron chi connectivity index (χ2n) is 4.17. The normalized spacial score (nSPS) is 13.2. The SMILES string of the molecule is COC1=Nc2c(OC)c(OC)cc3ccnc(c23)C1=O. The van der Waals surface area contributed by atoms with Crippen molar-refractivity contribution in [3.63, 3.8) is 0 Å². The molecule has 0 N–H and O–H groups in total. The Kier molecular flexibility index (Phi) is 2.78. The van der Waals surface area contributed by atoms with Crippen LogP contribution < -0.4 is 9.47 Å². The molecule has 0 saturated heterocycles. The first kappa shape index (κ1) is 12.4. The molecule has 2 aromatic rings. The number of carbonyl (C=O) groups excluding carboxylic acids is 1. The van der Waals surface area contributed by atoms with E-state index in [2.05, 4.69) is 9.98 Å². The van der Waals surface area contributed by atoms with Gasteiger partial charge in [0.25, 0.3) is 11.7 Å². The summed E-state index contributed by atoms with van der Waals surface area (Å²) < 4.78 is 15.7. The van der Waals surface area contributed by atoms with E-state index >= 15 is 0 Å². The number of hydrogen-bond donors (Lipinski definition) is 0. The Morgan fingerprint density at radius 1 is 1.10 bits per heavy atom. The van der Waals surface area contributed by atoms with Crippen LogP contribution in [-0.4, -0.2) is 38.0 Å². The molecule has 6 heteroatoms. The number of ketones is 1. The zero-order chi connectivity index (χ0) is 14.3. The molecule has 1 aliphatic rings. The molecule has 1 aromatic heterocycles. The molecule has 0 radical (unpaired) electrons. The van der Waals surface area contributed by atoms with Crippen LogP contribution in [0.25, 0.3) is 10.8 Å². The summed E-state index contributed by atoms with van der Waals surface area (Å²) in [7, 11) is 4.47. The molecule has 0 bridgehead atoms. The Balaban J connectivity index is 2.48. The fourth-order valence-corrected chi connectivity index (χ4v) is 2.30. The number of hydrogen-bond acceptors (Lipinski definition) is 6. The summed E-state index contributed by atoms with van der Waals surface area (Å²) >= 11 is 0. The predicted octanol–water partition coefficient (Wildman–Crippen LogP) is 2.12. The smallest absolute Gasteiger partial charge is 0.266 e. The topological polar surface area (TPSA) is 70.0 Å². The first-order valence-corrected chi connectivity index (χ1v) is 5.92. The van der Waals surface area contributed by atoms with Crippen LogP contribution in [0.2, 0.25) is 0 Å². The summed E-state index contributed by atoms with van der Waals surface area (Å²) in [5.41, 5.74) is 0.812. The van der Waals surface area contributed by atoms with E-state index in [0.29, 0.717) is 28.3 Å². The number of Topliss-reactive ketones (excluding diaryl/α,β-unsaturated/α-hetero) is 1.